The fourth-order valence-electron chi connectivity index (χ4n) is 8.79. The van der Waals surface area contributed by atoms with Crippen LogP contribution in [0.25, 0.3) is 0 Å². The summed E-state index contributed by atoms with van der Waals surface area (Å²) in [5.41, 5.74) is 0. The van der Waals surface area contributed by atoms with E-state index in [4.69, 9.17) is 23.3 Å². The molecule has 0 aliphatic rings. The van der Waals surface area contributed by atoms with Gasteiger partial charge in [-0.2, -0.15) is 0 Å². The van der Waals surface area contributed by atoms with Crippen LogP contribution in [0.4, 0.5) is 0 Å². The summed E-state index contributed by atoms with van der Waals surface area (Å²) < 4.78 is 39.6. The third kappa shape index (κ3) is 57.6. The van der Waals surface area contributed by atoms with Gasteiger partial charge in [0.2, 0.25) is 0 Å². The summed E-state index contributed by atoms with van der Waals surface area (Å²) in [4.78, 5) is 48.7. The van der Waals surface area contributed by atoms with E-state index in [9.17, 15) is 28.9 Å². The number of rotatable bonds is 59. The van der Waals surface area contributed by atoms with Gasteiger partial charge in [0.1, 0.15) is 12.7 Å². The Labute approximate surface area is 478 Å². The molecule has 12 heteroatoms. The second kappa shape index (κ2) is 60.0. The zero-order chi connectivity index (χ0) is 56.9. The lowest BCUT2D eigenvalue weighted by Crippen LogP contribution is -2.30. The van der Waals surface area contributed by atoms with Gasteiger partial charge in [-0.3, -0.25) is 23.4 Å². The van der Waals surface area contributed by atoms with Crippen LogP contribution in [0.2, 0.25) is 0 Å². The molecule has 0 aromatic rings. The quantitative estimate of drug-likeness (QED) is 0.0197. The van der Waals surface area contributed by atoms with Gasteiger partial charge in [-0.05, 0) is 89.9 Å². The molecule has 0 fully saturated rings. The highest BCUT2D eigenvalue weighted by Crippen LogP contribution is 2.43. The summed E-state index contributed by atoms with van der Waals surface area (Å²) >= 11 is 0. The van der Waals surface area contributed by atoms with Crippen molar-refractivity contribution < 1.29 is 52.2 Å². The van der Waals surface area contributed by atoms with Crippen LogP contribution in [0.5, 0.6) is 0 Å². The molecule has 0 heterocycles. The first kappa shape index (κ1) is 74.9. The Morgan fingerprint density at radius 1 is 0.372 bits per heavy atom. The van der Waals surface area contributed by atoms with Crippen molar-refractivity contribution in [3.05, 3.63) is 72.9 Å². The van der Waals surface area contributed by atoms with Gasteiger partial charge in [-0.15, -0.1) is 0 Å². The second-order valence-corrected chi connectivity index (χ2v) is 22.7. The number of phosphoric acid groups is 1. The van der Waals surface area contributed by atoms with Crippen LogP contribution in [-0.2, 0) is 42.2 Å². The minimum atomic E-state index is -4.76. The van der Waals surface area contributed by atoms with Crippen LogP contribution < -0.4 is 0 Å². The second-order valence-electron chi connectivity index (χ2n) is 21.2. The fraction of sp³-hybridized carbons (Fsp3) is 0.773. The number of allylic oxidation sites excluding steroid dienone is 12. The van der Waals surface area contributed by atoms with Crippen molar-refractivity contribution in [3.8, 4) is 0 Å². The van der Waals surface area contributed by atoms with Gasteiger partial charge in [-0.1, -0.05) is 254 Å². The van der Waals surface area contributed by atoms with Crippen molar-refractivity contribution in [2.45, 2.75) is 303 Å². The Morgan fingerprint density at radius 3 is 1.05 bits per heavy atom. The predicted molar refractivity (Wildman–Crippen MR) is 325 cm³/mol. The van der Waals surface area contributed by atoms with E-state index in [1.54, 1.807) is 0 Å². The number of ether oxygens (including phenoxy) is 3. The molecule has 0 aromatic carbocycles. The number of hydrogen-bond acceptors (Lipinski definition) is 10. The van der Waals surface area contributed by atoms with Crippen LogP contribution in [-0.4, -0.2) is 66.5 Å². The highest BCUT2D eigenvalue weighted by molar-refractivity contribution is 7.47. The highest BCUT2D eigenvalue weighted by atomic mass is 31.2. The van der Waals surface area contributed by atoms with Crippen LogP contribution in [0, 0.1) is 0 Å². The molecule has 78 heavy (non-hydrogen) atoms. The third-order valence-electron chi connectivity index (χ3n) is 13.6. The molecule has 3 atom stereocenters. The molecule has 11 nitrogen and oxygen atoms in total. The Hall–Kier alpha value is -3.08. The fourth-order valence-corrected chi connectivity index (χ4v) is 9.57. The van der Waals surface area contributed by atoms with Crippen molar-refractivity contribution in [1.82, 2.24) is 0 Å². The molecular weight excluding hydrogens is 1000 g/mol. The minimum absolute atomic E-state index is 0.147. The summed E-state index contributed by atoms with van der Waals surface area (Å²) in [6, 6.07) is 0. The molecular formula is C66H117O11P. The molecule has 0 rings (SSSR count). The van der Waals surface area contributed by atoms with Crippen LogP contribution in [0.1, 0.15) is 290 Å². The number of unbranched alkanes of at least 4 members (excludes halogenated alkanes) is 30. The molecule has 0 amide bonds. The van der Waals surface area contributed by atoms with Crippen LogP contribution in [0.3, 0.4) is 0 Å². The van der Waals surface area contributed by atoms with Crippen molar-refractivity contribution in [2.75, 3.05) is 26.4 Å². The first-order chi connectivity index (χ1) is 38.2. The molecule has 0 spiro atoms. The van der Waals surface area contributed by atoms with Crippen LogP contribution in [0.15, 0.2) is 72.9 Å². The lowest BCUT2D eigenvalue weighted by molar-refractivity contribution is -0.161. The number of phosphoric ester groups is 1. The lowest BCUT2D eigenvalue weighted by Gasteiger charge is -2.21. The van der Waals surface area contributed by atoms with Gasteiger partial charge < -0.3 is 24.2 Å². The van der Waals surface area contributed by atoms with Gasteiger partial charge in [0.25, 0.3) is 0 Å². The molecule has 0 radical (unpaired) electrons. The van der Waals surface area contributed by atoms with Crippen molar-refractivity contribution in [3.63, 3.8) is 0 Å². The summed E-state index contributed by atoms with van der Waals surface area (Å²) in [5.74, 6) is -1.49. The Balaban J connectivity index is 4.71. The summed E-state index contributed by atoms with van der Waals surface area (Å²) in [6.07, 6.45) is 68.5. The Morgan fingerprint density at radius 2 is 0.667 bits per heavy atom. The first-order valence-electron chi connectivity index (χ1n) is 31.8. The Bertz CT molecular complexity index is 1590. The molecule has 2 N–H and O–H groups in total. The largest absolute Gasteiger partial charge is 0.472 e. The van der Waals surface area contributed by atoms with E-state index in [1.807, 2.05) is 0 Å². The van der Waals surface area contributed by atoms with E-state index in [1.165, 1.54) is 116 Å². The average molecular weight is 1120 g/mol. The topological polar surface area (TPSA) is 155 Å². The molecule has 0 aliphatic carbocycles. The van der Waals surface area contributed by atoms with E-state index in [0.29, 0.717) is 19.3 Å². The zero-order valence-electron chi connectivity index (χ0n) is 50.1. The molecule has 0 bridgehead atoms. The normalized spacial score (nSPS) is 13.8. The van der Waals surface area contributed by atoms with Crippen molar-refractivity contribution in [2.24, 2.45) is 0 Å². The maximum absolute atomic E-state index is 13.0. The van der Waals surface area contributed by atoms with E-state index in [2.05, 4.69) is 93.7 Å². The first-order valence-corrected chi connectivity index (χ1v) is 33.3. The standard InChI is InChI=1S/C66H117O11P/c1-4-7-10-13-16-19-22-25-28-30-31-33-36-39-42-45-48-51-54-57-66(70)77-63(59-73-64(68)55-52-49-46-43-40-37-34-27-24-21-18-15-12-9-6-3)61-75-78(71,72)74-60-62(58-67)76-65(69)56-53-50-47-44-41-38-35-32-29-26-23-20-17-14-11-8-5-2/h8,11,17-18,20-21,26-27,29,34-35,38,62-63,67H,4-7,9-10,12-16,19,22-25,28,30-33,36-37,39-61H2,1-3H3,(H,71,72)/b11-8-,20-17-,21-18-,29-26-,34-27-,38-35-. The lowest BCUT2D eigenvalue weighted by atomic mass is 10.0. The molecule has 452 valence electrons. The van der Waals surface area contributed by atoms with Crippen molar-refractivity contribution in [1.29, 1.82) is 0 Å². The SMILES string of the molecule is CC/C=C\C/C=C\C/C=C\C/C=C\CCCCCCC(=O)OC(CO)COP(=O)(O)OCC(COC(=O)CCCCCCC/C=C\C/C=C\CCCCC)OC(=O)CCCCCCCCCCCCCCCCCCCCC. The maximum atomic E-state index is 13.0. The van der Waals surface area contributed by atoms with Gasteiger partial charge in [0.05, 0.1) is 19.8 Å². The number of aliphatic hydroxyl groups excluding tert-OH is 1. The van der Waals surface area contributed by atoms with Gasteiger partial charge >= 0.3 is 25.7 Å². The number of hydrogen-bond donors (Lipinski definition) is 2. The van der Waals surface area contributed by atoms with Gasteiger partial charge in [0.15, 0.2) is 6.10 Å². The van der Waals surface area contributed by atoms with E-state index in [0.717, 1.165) is 116 Å². The van der Waals surface area contributed by atoms with E-state index >= 15 is 0 Å². The van der Waals surface area contributed by atoms with Crippen molar-refractivity contribution >= 4 is 25.7 Å². The summed E-state index contributed by atoms with van der Waals surface area (Å²) in [6.45, 7) is 4.51. The Kier molecular flexibility index (Phi) is 57.7. The third-order valence-corrected chi connectivity index (χ3v) is 14.6. The molecule has 0 saturated heterocycles. The monoisotopic (exact) mass is 1120 g/mol. The molecule has 0 aromatic heterocycles. The van der Waals surface area contributed by atoms with Gasteiger partial charge in [-0.25, -0.2) is 4.57 Å². The summed E-state index contributed by atoms with van der Waals surface area (Å²) in [5, 5.41) is 9.84. The molecule has 3 unspecified atom stereocenters. The average Bonchev–Trinajstić information content (AvgIpc) is 3.43. The number of esters is 3. The highest BCUT2D eigenvalue weighted by Gasteiger charge is 2.28. The maximum Gasteiger partial charge on any atom is 0.472 e. The minimum Gasteiger partial charge on any atom is -0.462 e. The zero-order valence-corrected chi connectivity index (χ0v) is 51.0. The number of carbonyl (C=O) groups is 3. The summed E-state index contributed by atoms with van der Waals surface area (Å²) in [7, 11) is -4.76. The molecule has 0 aliphatic heterocycles. The molecule has 0 saturated carbocycles. The predicted octanol–water partition coefficient (Wildman–Crippen LogP) is 19.3. The van der Waals surface area contributed by atoms with E-state index in [-0.39, 0.29) is 25.9 Å². The number of aliphatic hydroxyl groups is 1. The van der Waals surface area contributed by atoms with Crippen LogP contribution >= 0.6 is 7.82 Å². The smallest absolute Gasteiger partial charge is 0.462 e. The van der Waals surface area contributed by atoms with Gasteiger partial charge in [0, 0.05) is 19.3 Å². The number of carbonyl (C=O) groups excluding carboxylic acids is 3. The van der Waals surface area contributed by atoms with E-state index < -0.39 is 57.8 Å².